The van der Waals surface area contributed by atoms with E-state index >= 15 is 0 Å². The average Bonchev–Trinajstić information content (AvgIpc) is 3.01. The number of hydrogen-bond donors (Lipinski definition) is 6. The molecule has 4 atom stereocenters. The summed E-state index contributed by atoms with van der Waals surface area (Å²) in [6.45, 7) is 3.50. The highest BCUT2D eigenvalue weighted by atomic mass is 35.5. The Bertz CT molecular complexity index is 1290. The van der Waals surface area contributed by atoms with Crippen LogP contribution >= 0.6 is 11.6 Å². The molecular formula is C32H45ClFN5O7. The Morgan fingerprint density at radius 2 is 1.74 bits per heavy atom. The number of ether oxygens (including phenoxy) is 1. The summed E-state index contributed by atoms with van der Waals surface area (Å²) in [4.78, 5) is 25.2. The van der Waals surface area contributed by atoms with Gasteiger partial charge in [0, 0.05) is 51.8 Å². The minimum absolute atomic E-state index is 0.0329. The molecule has 1 aromatic heterocycles. The van der Waals surface area contributed by atoms with Crippen molar-refractivity contribution in [2.75, 3.05) is 57.4 Å². The Hall–Kier alpha value is -2.49. The van der Waals surface area contributed by atoms with E-state index < -0.39 is 36.8 Å². The maximum Gasteiger partial charge on any atom is 0.227 e. The first-order valence-corrected chi connectivity index (χ1v) is 16.3. The minimum atomic E-state index is -1.67. The standard InChI is InChI=1S/C32H45ClFN5O7/c33-24-12-36-31(37-13-24)38-5-3-32(4-6-38)9-21(10-32)19-46-18-20-1-2-23(25(34)7-20)8-28(43)39-15-22(16-39)11-35-14-26(41)29(44)30(45)27(42)17-40/h1-2,7,12-13,21-22,26-27,29-30,35,40-42,44-45H,3-6,8-11,14-19H2/t26-,27+,29+,30+/m0/s1. The fourth-order valence-electron chi connectivity index (χ4n) is 6.80. The fourth-order valence-corrected chi connectivity index (χ4v) is 6.90. The van der Waals surface area contributed by atoms with E-state index in [9.17, 15) is 29.6 Å². The summed E-state index contributed by atoms with van der Waals surface area (Å²) < 4.78 is 20.8. The van der Waals surface area contributed by atoms with Crippen LogP contribution in [0.3, 0.4) is 0 Å². The van der Waals surface area contributed by atoms with Crippen molar-refractivity contribution in [2.24, 2.45) is 17.3 Å². The molecule has 254 valence electrons. The number of halogens is 2. The second-order valence-corrected chi connectivity index (χ2v) is 13.6. The lowest BCUT2D eigenvalue weighted by atomic mass is 9.58. The summed E-state index contributed by atoms with van der Waals surface area (Å²) >= 11 is 5.90. The van der Waals surface area contributed by atoms with Crippen molar-refractivity contribution in [3.05, 3.63) is 52.6 Å². The monoisotopic (exact) mass is 665 g/mol. The predicted molar refractivity (Wildman–Crippen MR) is 167 cm³/mol. The summed E-state index contributed by atoms with van der Waals surface area (Å²) in [7, 11) is 0. The topological polar surface area (TPSA) is 172 Å². The lowest BCUT2D eigenvalue weighted by molar-refractivity contribution is -0.136. The Labute approximate surface area is 273 Å². The van der Waals surface area contributed by atoms with Gasteiger partial charge in [-0.25, -0.2) is 14.4 Å². The number of hydrogen-bond acceptors (Lipinski definition) is 11. The molecule has 3 heterocycles. The van der Waals surface area contributed by atoms with Gasteiger partial charge in [-0.05, 0) is 54.2 Å². The molecule has 0 bridgehead atoms. The number of anilines is 1. The highest BCUT2D eigenvalue weighted by molar-refractivity contribution is 6.30. The predicted octanol–water partition coefficient (Wildman–Crippen LogP) is 0.509. The molecule has 14 heteroatoms. The summed E-state index contributed by atoms with van der Waals surface area (Å²) in [6.07, 6.45) is 1.52. The highest BCUT2D eigenvalue weighted by Gasteiger charge is 2.46. The molecule has 2 aromatic rings. The number of nitrogens with one attached hydrogen (secondary N) is 1. The number of piperidine rings is 1. The molecule has 1 saturated carbocycles. The lowest BCUT2D eigenvalue weighted by Gasteiger charge is -2.52. The van der Waals surface area contributed by atoms with Gasteiger partial charge in [-0.3, -0.25) is 4.79 Å². The van der Waals surface area contributed by atoms with Crippen LogP contribution in [-0.4, -0.2) is 123 Å². The zero-order valence-corrected chi connectivity index (χ0v) is 26.6. The number of amides is 1. The quantitative estimate of drug-likeness (QED) is 0.157. The maximum atomic E-state index is 14.8. The van der Waals surface area contributed by atoms with Crippen LogP contribution in [0.15, 0.2) is 30.6 Å². The Kier molecular flexibility index (Phi) is 11.8. The van der Waals surface area contributed by atoms with Crippen molar-refractivity contribution < 1.29 is 39.5 Å². The molecule has 0 unspecified atom stereocenters. The molecule has 6 N–H and O–H groups in total. The molecule has 1 spiro atoms. The maximum absolute atomic E-state index is 14.8. The van der Waals surface area contributed by atoms with Crippen LogP contribution in [0.5, 0.6) is 0 Å². The van der Waals surface area contributed by atoms with Crippen LogP contribution < -0.4 is 10.2 Å². The minimum Gasteiger partial charge on any atom is -0.394 e. The van der Waals surface area contributed by atoms with Crippen LogP contribution in [0.4, 0.5) is 10.3 Å². The average molecular weight is 666 g/mol. The van der Waals surface area contributed by atoms with Gasteiger partial charge >= 0.3 is 0 Å². The van der Waals surface area contributed by atoms with E-state index in [1.807, 2.05) is 6.07 Å². The van der Waals surface area contributed by atoms with E-state index in [1.165, 1.54) is 6.07 Å². The molecule has 5 rings (SSSR count). The first-order valence-electron chi connectivity index (χ1n) is 15.9. The number of nitrogens with zero attached hydrogens (tertiary/aromatic N) is 4. The number of rotatable bonds is 15. The third kappa shape index (κ3) is 8.70. The van der Waals surface area contributed by atoms with Gasteiger partial charge in [0.2, 0.25) is 11.9 Å². The molecule has 2 saturated heterocycles. The van der Waals surface area contributed by atoms with Crippen molar-refractivity contribution in [1.29, 1.82) is 0 Å². The molecule has 12 nitrogen and oxygen atoms in total. The normalized spacial score (nSPS) is 21.0. The number of likely N-dealkylation sites (tertiary alicyclic amines) is 1. The SMILES string of the molecule is O=C(Cc1ccc(COCC2CC3(CCN(c4ncc(Cl)cn4)CC3)C2)cc1F)N1CC(CNC[C@H](O)[C@@H](O)[C@H](O)[C@H](O)CO)C1. The smallest absolute Gasteiger partial charge is 0.227 e. The number of aliphatic hydroxyl groups is 5. The van der Waals surface area contributed by atoms with Gasteiger partial charge in [0.1, 0.15) is 24.1 Å². The molecular weight excluding hydrogens is 621 g/mol. The van der Waals surface area contributed by atoms with E-state index in [4.69, 9.17) is 21.4 Å². The molecule has 2 aliphatic heterocycles. The van der Waals surface area contributed by atoms with Gasteiger partial charge in [0.25, 0.3) is 0 Å². The fraction of sp³-hybridized carbons (Fsp3) is 0.656. The summed E-state index contributed by atoms with van der Waals surface area (Å²) in [5.41, 5.74) is 1.44. The summed E-state index contributed by atoms with van der Waals surface area (Å²) in [5, 5.41) is 51.3. The van der Waals surface area contributed by atoms with Crippen molar-refractivity contribution in [3.63, 3.8) is 0 Å². The number of aliphatic hydroxyl groups excluding tert-OH is 5. The molecule has 1 aliphatic carbocycles. The van der Waals surface area contributed by atoms with Gasteiger partial charge in [0.15, 0.2) is 0 Å². The Morgan fingerprint density at radius 1 is 1.07 bits per heavy atom. The molecule has 1 aromatic carbocycles. The number of carbonyl (C=O) groups is 1. The van der Waals surface area contributed by atoms with Gasteiger partial charge in [-0.15, -0.1) is 0 Å². The zero-order chi connectivity index (χ0) is 32.8. The third-order valence-electron chi connectivity index (χ3n) is 9.66. The first-order chi connectivity index (χ1) is 22.1. The van der Waals surface area contributed by atoms with Crippen LogP contribution in [0.1, 0.15) is 36.8 Å². The van der Waals surface area contributed by atoms with Gasteiger partial charge in [0.05, 0.1) is 43.2 Å². The second-order valence-electron chi connectivity index (χ2n) is 13.2. The molecule has 1 amide bonds. The second kappa shape index (κ2) is 15.6. The Morgan fingerprint density at radius 3 is 2.39 bits per heavy atom. The zero-order valence-electron chi connectivity index (χ0n) is 25.8. The van der Waals surface area contributed by atoms with E-state index in [1.54, 1.807) is 23.4 Å². The van der Waals surface area contributed by atoms with Crippen LogP contribution in [-0.2, 0) is 22.6 Å². The van der Waals surface area contributed by atoms with Crippen LogP contribution in [0.2, 0.25) is 5.02 Å². The molecule has 46 heavy (non-hydrogen) atoms. The molecule has 3 aliphatic rings. The van der Waals surface area contributed by atoms with E-state index in [0.29, 0.717) is 54.8 Å². The van der Waals surface area contributed by atoms with E-state index in [-0.39, 0.29) is 24.8 Å². The van der Waals surface area contributed by atoms with Crippen molar-refractivity contribution in [1.82, 2.24) is 20.2 Å². The summed E-state index contributed by atoms with van der Waals surface area (Å²) in [5.74, 6) is 0.780. The summed E-state index contributed by atoms with van der Waals surface area (Å²) in [6, 6.07) is 4.90. The van der Waals surface area contributed by atoms with E-state index in [0.717, 1.165) is 50.3 Å². The van der Waals surface area contributed by atoms with Crippen molar-refractivity contribution >= 4 is 23.5 Å². The van der Waals surface area contributed by atoms with Crippen LogP contribution in [0, 0.1) is 23.1 Å². The third-order valence-corrected chi connectivity index (χ3v) is 9.86. The van der Waals surface area contributed by atoms with Gasteiger partial charge in [-0.1, -0.05) is 23.7 Å². The Balaban J connectivity index is 0.943. The van der Waals surface area contributed by atoms with Gasteiger partial charge < -0.3 is 45.4 Å². The van der Waals surface area contributed by atoms with E-state index in [2.05, 4.69) is 20.2 Å². The molecule has 3 fully saturated rings. The number of aromatic nitrogens is 2. The van der Waals surface area contributed by atoms with Crippen molar-refractivity contribution in [3.8, 4) is 0 Å². The largest absolute Gasteiger partial charge is 0.394 e. The number of benzene rings is 1. The van der Waals surface area contributed by atoms with Crippen LogP contribution in [0.25, 0.3) is 0 Å². The van der Waals surface area contributed by atoms with Gasteiger partial charge in [-0.2, -0.15) is 0 Å². The molecule has 0 radical (unpaired) electrons. The number of carbonyl (C=O) groups excluding carboxylic acids is 1. The lowest BCUT2D eigenvalue weighted by Crippen LogP contribution is -2.55. The highest BCUT2D eigenvalue weighted by Crippen LogP contribution is 2.52. The first kappa shape index (κ1) is 34.8. The van der Waals surface area contributed by atoms with Crippen molar-refractivity contribution in [2.45, 2.75) is 63.1 Å².